The molecule has 0 aliphatic heterocycles. The Hall–Kier alpha value is -1.85. The first-order chi connectivity index (χ1) is 10.2. The molecule has 5 nitrogen and oxygen atoms in total. The maximum absolute atomic E-state index is 5.10. The number of hydrogen-bond acceptors (Lipinski definition) is 5. The smallest absolute Gasteiger partial charge is 0.131 e. The minimum absolute atomic E-state index is 0.720. The highest BCUT2D eigenvalue weighted by molar-refractivity contribution is 5.47. The van der Waals surface area contributed by atoms with Crippen molar-refractivity contribution in [1.82, 2.24) is 10.3 Å². The average Bonchev–Trinajstić information content (AvgIpc) is 2.96. The van der Waals surface area contributed by atoms with E-state index in [9.17, 15) is 0 Å². The molecule has 0 atom stereocenters. The zero-order chi connectivity index (χ0) is 15.1. The lowest BCUT2D eigenvalue weighted by Crippen LogP contribution is -2.20. The van der Waals surface area contributed by atoms with Gasteiger partial charge in [0.2, 0.25) is 0 Å². The average molecular weight is 289 g/mol. The molecule has 0 aromatic carbocycles. The fourth-order valence-electron chi connectivity index (χ4n) is 2.26. The van der Waals surface area contributed by atoms with Gasteiger partial charge >= 0.3 is 0 Å². The van der Waals surface area contributed by atoms with Gasteiger partial charge in [-0.05, 0) is 30.2 Å². The number of rotatable bonds is 8. The van der Waals surface area contributed by atoms with E-state index in [1.807, 2.05) is 19.3 Å². The van der Waals surface area contributed by atoms with Gasteiger partial charge in [0, 0.05) is 45.6 Å². The van der Waals surface area contributed by atoms with Gasteiger partial charge < -0.3 is 19.4 Å². The van der Waals surface area contributed by atoms with E-state index >= 15 is 0 Å². The molecule has 114 valence electrons. The fourth-order valence-corrected chi connectivity index (χ4v) is 2.26. The van der Waals surface area contributed by atoms with Crippen LogP contribution in [0, 0.1) is 6.92 Å². The molecule has 0 amide bonds. The van der Waals surface area contributed by atoms with Crippen molar-refractivity contribution in [2.24, 2.45) is 0 Å². The van der Waals surface area contributed by atoms with Crippen LogP contribution in [0.2, 0.25) is 0 Å². The minimum atomic E-state index is 0.720. The van der Waals surface area contributed by atoms with Crippen LogP contribution in [0.25, 0.3) is 0 Å². The summed E-state index contributed by atoms with van der Waals surface area (Å²) < 4.78 is 10.1. The van der Waals surface area contributed by atoms with E-state index in [4.69, 9.17) is 9.15 Å². The molecule has 1 N–H and O–H groups in total. The van der Waals surface area contributed by atoms with Gasteiger partial charge in [0.05, 0.1) is 19.1 Å². The number of anilines is 1. The van der Waals surface area contributed by atoms with Crippen molar-refractivity contribution in [1.29, 1.82) is 0 Å². The lowest BCUT2D eigenvalue weighted by molar-refractivity contribution is 0.199. The normalized spacial score (nSPS) is 10.8. The van der Waals surface area contributed by atoms with Crippen molar-refractivity contribution in [3.05, 3.63) is 47.5 Å². The molecule has 0 bridgehead atoms. The summed E-state index contributed by atoms with van der Waals surface area (Å²) in [6.45, 7) is 5.25. The molecular weight excluding hydrogens is 266 g/mol. The number of furan rings is 1. The van der Waals surface area contributed by atoms with Crippen LogP contribution in [0.1, 0.15) is 16.7 Å². The van der Waals surface area contributed by atoms with Gasteiger partial charge in [-0.3, -0.25) is 0 Å². The zero-order valence-corrected chi connectivity index (χ0v) is 12.9. The van der Waals surface area contributed by atoms with Crippen molar-refractivity contribution in [3.8, 4) is 0 Å². The molecule has 0 fully saturated rings. The molecule has 0 saturated heterocycles. The van der Waals surface area contributed by atoms with Crippen LogP contribution in [-0.4, -0.2) is 32.3 Å². The molecule has 2 heterocycles. The van der Waals surface area contributed by atoms with Gasteiger partial charge in [-0.2, -0.15) is 0 Å². The fraction of sp³-hybridized carbons (Fsp3) is 0.438. The second-order valence-corrected chi connectivity index (χ2v) is 5.14. The number of nitrogens with zero attached hydrogens (tertiary/aromatic N) is 2. The molecule has 0 aliphatic carbocycles. The third-order valence-corrected chi connectivity index (χ3v) is 3.28. The summed E-state index contributed by atoms with van der Waals surface area (Å²) in [5.41, 5.74) is 3.50. The largest absolute Gasteiger partial charge is 0.472 e. The first-order valence-corrected chi connectivity index (χ1v) is 7.08. The number of nitrogens with one attached hydrogen (secondary N) is 1. The van der Waals surface area contributed by atoms with E-state index in [0.29, 0.717) is 0 Å². The third-order valence-electron chi connectivity index (χ3n) is 3.28. The molecule has 2 aromatic heterocycles. The molecule has 0 radical (unpaired) electrons. The Bertz CT molecular complexity index is 540. The van der Waals surface area contributed by atoms with Gasteiger partial charge in [0.15, 0.2) is 0 Å². The lowest BCUT2D eigenvalue weighted by Gasteiger charge is -2.20. The Morgan fingerprint density at radius 1 is 1.38 bits per heavy atom. The maximum atomic E-state index is 5.10. The van der Waals surface area contributed by atoms with Crippen LogP contribution < -0.4 is 10.2 Å². The van der Waals surface area contributed by atoms with E-state index in [0.717, 1.165) is 37.6 Å². The highest BCUT2D eigenvalue weighted by Crippen LogP contribution is 2.18. The molecule has 21 heavy (non-hydrogen) atoms. The molecule has 0 saturated carbocycles. The molecule has 5 heteroatoms. The van der Waals surface area contributed by atoms with Crippen molar-refractivity contribution in [2.45, 2.75) is 20.0 Å². The third kappa shape index (κ3) is 4.58. The minimum Gasteiger partial charge on any atom is -0.472 e. The second kappa shape index (κ2) is 7.81. The van der Waals surface area contributed by atoms with Crippen LogP contribution in [-0.2, 0) is 17.8 Å². The van der Waals surface area contributed by atoms with E-state index in [1.54, 1.807) is 19.6 Å². The molecular formula is C16H23N3O2. The molecule has 0 unspecified atom stereocenters. The molecule has 0 aliphatic rings. The van der Waals surface area contributed by atoms with Gasteiger partial charge in [0.25, 0.3) is 0 Å². The van der Waals surface area contributed by atoms with Gasteiger partial charge in [-0.1, -0.05) is 0 Å². The number of ether oxygens (including phenoxy) is 1. The van der Waals surface area contributed by atoms with Crippen LogP contribution in [0.3, 0.4) is 0 Å². The summed E-state index contributed by atoms with van der Waals surface area (Å²) in [6.07, 6.45) is 5.38. The highest BCUT2D eigenvalue weighted by Gasteiger charge is 2.08. The predicted molar refractivity (Wildman–Crippen MR) is 83.4 cm³/mol. The first kappa shape index (κ1) is 15.5. The number of hydrogen-bond donors (Lipinski definition) is 1. The van der Waals surface area contributed by atoms with Crippen LogP contribution >= 0.6 is 0 Å². The summed E-state index contributed by atoms with van der Waals surface area (Å²) >= 11 is 0. The standard InChI is InChI=1S/C16H23N3O2/c1-13-8-15(9-17-5-7-20-3)10-18-16(13)19(2)11-14-4-6-21-12-14/h4,6,8,10,12,17H,5,7,9,11H2,1-3H3. The number of aryl methyl sites for hydroxylation is 1. The summed E-state index contributed by atoms with van der Waals surface area (Å²) in [5.74, 6) is 0.997. The van der Waals surface area contributed by atoms with Crippen LogP contribution in [0.4, 0.5) is 5.82 Å². The van der Waals surface area contributed by atoms with Gasteiger partial charge in [-0.25, -0.2) is 4.98 Å². The van der Waals surface area contributed by atoms with Crippen molar-refractivity contribution < 1.29 is 9.15 Å². The SMILES string of the molecule is COCCNCc1cnc(N(C)Cc2ccoc2)c(C)c1. The summed E-state index contributed by atoms with van der Waals surface area (Å²) in [6, 6.07) is 4.15. The zero-order valence-electron chi connectivity index (χ0n) is 12.9. The van der Waals surface area contributed by atoms with Crippen LogP contribution in [0.5, 0.6) is 0 Å². The van der Waals surface area contributed by atoms with Crippen molar-refractivity contribution in [2.75, 3.05) is 32.2 Å². The number of pyridine rings is 1. The van der Waals surface area contributed by atoms with Crippen LogP contribution in [0.15, 0.2) is 35.3 Å². The molecule has 2 aromatic rings. The number of aromatic nitrogens is 1. The van der Waals surface area contributed by atoms with Gasteiger partial charge in [0.1, 0.15) is 5.82 Å². The Kier molecular flexibility index (Phi) is 5.78. The summed E-state index contributed by atoms with van der Waals surface area (Å²) in [5, 5.41) is 3.32. The monoisotopic (exact) mass is 289 g/mol. The Morgan fingerprint density at radius 2 is 2.24 bits per heavy atom. The quantitative estimate of drug-likeness (QED) is 0.756. The van der Waals surface area contributed by atoms with Crippen molar-refractivity contribution >= 4 is 5.82 Å². The summed E-state index contributed by atoms with van der Waals surface area (Å²) in [7, 11) is 3.75. The Balaban J connectivity index is 1.94. The first-order valence-electron chi connectivity index (χ1n) is 7.08. The Morgan fingerprint density at radius 3 is 2.90 bits per heavy atom. The predicted octanol–water partition coefficient (Wildman–Crippen LogP) is 2.36. The second-order valence-electron chi connectivity index (χ2n) is 5.14. The van der Waals surface area contributed by atoms with E-state index < -0.39 is 0 Å². The maximum Gasteiger partial charge on any atom is 0.131 e. The van der Waals surface area contributed by atoms with E-state index in [1.165, 1.54) is 11.1 Å². The highest BCUT2D eigenvalue weighted by atomic mass is 16.5. The van der Waals surface area contributed by atoms with Crippen molar-refractivity contribution in [3.63, 3.8) is 0 Å². The molecule has 0 spiro atoms. The number of methoxy groups -OCH3 is 1. The Labute approximate surface area is 125 Å². The van der Waals surface area contributed by atoms with Gasteiger partial charge in [-0.15, -0.1) is 0 Å². The van der Waals surface area contributed by atoms with E-state index in [2.05, 4.69) is 28.2 Å². The van der Waals surface area contributed by atoms with E-state index in [-0.39, 0.29) is 0 Å². The topological polar surface area (TPSA) is 50.5 Å². The lowest BCUT2D eigenvalue weighted by atomic mass is 10.2. The molecule has 2 rings (SSSR count). The summed E-state index contributed by atoms with van der Waals surface area (Å²) in [4.78, 5) is 6.71.